The molecule has 1 unspecified atom stereocenters. The van der Waals surface area contributed by atoms with Gasteiger partial charge in [-0.1, -0.05) is 285 Å². The molecule has 0 radical (unpaired) electrons. The van der Waals surface area contributed by atoms with Crippen LogP contribution in [0.3, 0.4) is 0 Å². The number of allylic oxidation sites excluding steroid dienone is 16. The fourth-order valence-electron chi connectivity index (χ4n) is 9.01. The number of unbranched alkanes of at least 4 members (excludes halogenated alkanes) is 31. The molecule has 0 saturated carbocycles. The van der Waals surface area contributed by atoms with Crippen LogP contribution in [0.5, 0.6) is 0 Å². The van der Waals surface area contributed by atoms with Gasteiger partial charge in [-0.3, -0.25) is 14.4 Å². The van der Waals surface area contributed by atoms with E-state index in [0.717, 1.165) is 116 Å². The molecule has 0 aromatic carbocycles. The summed E-state index contributed by atoms with van der Waals surface area (Å²) in [6.45, 7) is 6.51. The topological polar surface area (TPSA) is 78.9 Å². The number of ether oxygens (including phenoxy) is 3. The summed E-state index contributed by atoms with van der Waals surface area (Å²) < 4.78 is 16.8. The molecule has 0 N–H and O–H groups in total. The van der Waals surface area contributed by atoms with Crippen LogP contribution in [0, 0.1) is 0 Å². The van der Waals surface area contributed by atoms with Gasteiger partial charge in [0.25, 0.3) is 0 Å². The van der Waals surface area contributed by atoms with Crippen molar-refractivity contribution < 1.29 is 28.6 Å². The highest BCUT2D eigenvalue weighted by Crippen LogP contribution is 2.16. The molecule has 0 aliphatic rings. The van der Waals surface area contributed by atoms with Crippen LogP contribution in [-0.4, -0.2) is 37.2 Å². The molecule has 0 fully saturated rings. The van der Waals surface area contributed by atoms with Crippen molar-refractivity contribution in [3.05, 3.63) is 97.2 Å². The Morgan fingerprint density at radius 2 is 0.513 bits per heavy atom. The molecule has 0 rings (SSSR count). The zero-order chi connectivity index (χ0) is 55.0. The average Bonchev–Trinajstić information content (AvgIpc) is 3.42. The molecule has 436 valence electrons. The standard InChI is InChI=1S/C70H120O6/c1-4-7-10-13-16-19-21-23-25-26-27-28-29-30-31-32-33-34-35-36-37-38-39-40-41-42-43-44-45-47-48-51-54-57-60-63-69(72)75-66-67(65-74-68(71)62-59-56-53-50-18-15-12-9-6-3)76-70(73)64-61-58-55-52-49-46-24-22-20-17-14-11-8-5-2/h7,10,16,19,22-25,27-28,30-31,33-34,36-37,67H,4-6,8-9,11-15,17-18,20-21,26,29,32,35,38-66H2,1-3H3/b10-7-,19-16-,24-22-,25-23-,28-27-,31-30-,34-33-,37-36-. The highest BCUT2D eigenvalue weighted by molar-refractivity contribution is 5.71. The fraction of sp³-hybridized carbons (Fsp3) is 0.729. The van der Waals surface area contributed by atoms with E-state index in [2.05, 4.69) is 118 Å². The van der Waals surface area contributed by atoms with Gasteiger partial charge in [-0.05, 0) is 103 Å². The minimum Gasteiger partial charge on any atom is -0.462 e. The Balaban J connectivity index is 4.08. The smallest absolute Gasteiger partial charge is 0.306 e. The molecular formula is C70H120O6. The number of hydrogen-bond acceptors (Lipinski definition) is 6. The van der Waals surface area contributed by atoms with Crippen molar-refractivity contribution in [3.63, 3.8) is 0 Å². The first-order chi connectivity index (χ1) is 37.5. The Hall–Kier alpha value is -3.67. The van der Waals surface area contributed by atoms with Gasteiger partial charge in [0.15, 0.2) is 6.10 Å². The Labute approximate surface area is 470 Å². The monoisotopic (exact) mass is 1060 g/mol. The van der Waals surface area contributed by atoms with Gasteiger partial charge in [-0.15, -0.1) is 0 Å². The largest absolute Gasteiger partial charge is 0.462 e. The summed E-state index contributed by atoms with van der Waals surface area (Å²) >= 11 is 0. The van der Waals surface area contributed by atoms with Crippen LogP contribution in [0.25, 0.3) is 0 Å². The van der Waals surface area contributed by atoms with Crippen molar-refractivity contribution in [3.8, 4) is 0 Å². The number of hydrogen-bond donors (Lipinski definition) is 0. The Bertz CT molecular complexity index is 1490. The first-order valence-electron chi connectivity index (χ1n) is 32.2. The lowest BCUT2D eigenvalue weighted by atomic mass is 10.0. The molecule has 0 amide bonds. The van der Waals surface area contributed by atoms with E-state index in [0.29, 0.717) is 19.3 Å². The first kappa shape index (κ1) is 72.3. The third kappa shape index (κ3) is 61.2. The van der Waals surface area contributed by atoms with Gasteiger partial charge >= 0.3 is 17.9 Å². The van der Waals surface area contributed by atoms with E-state index in [1.54, 1.807) is 0 Å². The van der Waals surface area contributed by atoms with Crippen LogP contribution in [0.4, 0.5) is 0 Å². The third-order valence-electron chi connectivity index (χ3n) is 13.8. The number of esters is 3. The van der Waals surface area contributed by atoms with Gasteiger partial charge in [-0.25, -0.2) is 0 Å². The van der Waals surface area contributed by atoms with Gasteiger partial charge in [0.2, 0.25) is 0 Å². The summed E-state index contributed by atoms with van der Waals surface area (Å²) in [7, 11) is 0. The van der Waals surface area contributed by atoms with Crippen molar-refractivity contribution in [2.45, 2.75) is 316 Å². The summed E-state index contributed by atoms with van der Waals surface area (Å²) in [5, 5.41) is 0. The van der Waals surface area contributed by atoms with E-state index in [9.17, 15) is 14.4 Å². The minimum atomic E-state index is -0.778. The normalized spacial score (nSPS) is 12.7. The molecule has 0 saturated heterocycles. The van der Waals surface area contributed by atoms with E-state index < -0.39 is 6.10 Å². The Morgan fingerprint density at radius 1 is 0.276 bits per heavy atom. The molecule has 6 heteroatoms. The van der Waals surface area contributed by atoms with Gasteiger partial charge < -0.3 is 14.2 Å². The van der Waals surface area contributed by atoms with Gasteiger partial charge in [0, 0.05) is 19.3 Å². The van der Waals surface area contributed by atoms with Crippen LogP contribution in [0.1, 0.15) is 310 Å². The molecule has 0 aromatic rings. The number of carbonyl (C=O) groups excluding carboxylic acids is 3. The van der Waals surface area contributed by atoms with Crippen molar-refractivity contribution in [2.24, 2.45) is 0 Å². The maximum absolute atomic E-state index is 12.8. The number of carbonyl (C=O) groups is 3. The SMILES string of the molecule is CC/C=C\C/C=C\C/C=C\C/C=C\C/C=C\C/C=C\C/C=C\CCCCCCCCCCCCCCCC(=O)OCC(COC(=O)CCCCCCCCCCC)OC(=O)CCCCCCC/C=C\CCCCCCC. The molecule has 0 aliphatic heterocycles. The highest BCUT2D eigenvalue weighted by Gasteiger charge is 2.19. The second-order valence-electron chi connectivity index (χ2n) is 21.3. The van der Waals surface area contributed by atoms with Crippen molar-refractivity contribution in [1.29, 1.82) is 0 Å². The third-order valence-corrected chi connectivity index (χ3v) is 13.8. The molecule has 0 heterocycles. The average molecular weight is 1060 g/mol. The molecule has 0 bridgehead atoms. The van der Waals surface area contributed by atoms with Crippen LogP contribution >= 0.6 is 0 Å². The highest BCUT2D eigenvalue weighted by atomic mass is 16.6. The van der Waals surface area contributed by atoms with Gasteiger partial charge in [0.05, 0.1) is 0 Å². The van der Waals surface area contributed by atoms with Crippen LogP contribution < -0.4 is 0 Å². The summed E-state index contributed by atoms with van der Waals surface area (Å²) in [5.41, 5.74) is 0. The quantitative estimate of drug-likeness (QED) is 0.0261. The summed E-state index contributed by atoms with van der Waals surface area (Å²) in [6, 6.07) is 0. The lowest BCUT2D eigenvalue weighted by Crippen LogP contribution is -2.30. The second kappa shape index (κ2) is 63.9. The summed E-state index contributed by atoms with van der Waals surface area (Å²) in [5.74, 6) is -0.880. The molecule has 0 aliphatic carbocycles. The lowest BCUT2D eigenvalue weighted by molar-refractivity contribution is -0.167. The lowest BCUT2D eigenvalue weighted by Gasteiger charge is -2.18. The minimum absolute atomic E-state index is 0.0767. The number of rotatable bonds is 58. The van der Waals surface area contributed by atoms with E-state index in [4.69, 9.17) is 14.2 Å². The molecule has 1 atom stereocenters. The van der Waals surface area contributed by atoms with Crippen molar-refractivity contribution in [2.75, 3.05) is 13.2 Å². The van der Waals surface area contributed by atoms with Gasteiger partial charge in [0.1, 0.15) is 13.2 Å². The molecule has 6 nitrogen and oxygen atoms in total. The first-order valence-corrected chi connectivity index (χ1v) is 32.2. The summed E-state index contributed by atoms with van der Waals surface area (Å²) in [6.07, 6.45) is 85.8. The maximum Gasteiger partial charge on any atom is 0.306 e. The zero-order valence-electron chi connectivity index (χ0n) is 50.0. The van der Waals surface area contributed by atoms with E-state index in [-0.39, 0.29) is 31.1 Å². The molecule has 0 aromatic heterocycles. The zero-order valence-corrected chi connectivity index (χ0v) is 50.0. The van der Waals surface area contributed by atoms with Crippen LogP contribution in [-0.2, 0) is 28.6 Å². The Morgan fingerprint density at radius 3 is 0.816 bits per heavy atom. The predicted octanol–water partition coefficient (Wildman–Crippen LogP) is 22.0. The van der Waals surface area contributed by atoms with E-state index >= 15 is 0 Å². The second-order valence-corrected chi connectivity index (χ2v) is 21.3. The van der Waals surface area contributed by atoms with Crippen molar-refractivity contribution in [1.82, 2.24) is 0 Å². The fourth-order valence-corrected chi connectivity index (χ4v) is 9.01. The van der Waals surface area contributed by atoms with Crippen LogP contribution in [0.2, 0.25) is 0 Å². The van der Waals surface area contributed by atoms with E-state index in [1.807, 2.05) is 0 Å². The maximum atomic E-state index is 12.8. The molecule has 76 heavy (non-hydrogen) atoms. The molecular weight excluding hydrogens is 937 g/mol. The van der Waals surface area contributed by atoms with Crippen LogP contribution in [0.15, 0.2) is 97.2 Å². The summed E-state index contributed by atoms with van der Waals surface area (Å²) in [4.78, 5) is 38.1. The predicted molar refractivity (Wildman–Crippen MR) is 330 cm³/mol. The Kier molecular flexibility index (Phi) is 60.8. The van der Waals surface area contributed by atoms with Crippen molar-refractivity contribution >= 4 is 17.9 Å². The van der Waals surface area contributed by atoms with Gasteiger partial charge in [-0.2, -0.15) is 0 Å². The molecule has 0 spiro atoms. The van der Waals surface area contributed by atoms with E-state index in [1.165, 1.54) is 154 Å².